The molecule has 0 aromatic heterocycles. The maximum Gasteiger partial charge on any atom is 0.184 e. The fraction of sp³-hybridized carbons (Fsp3) is 0.538. The second-order valence-electron chi connectivity index (χ2n) is 4.66. The Labute approximate surface area is 115 Å². The van der Waals surface area contributed by atoms with Crippen LogP contribution in [0.25, 0.3) is 0 Å². The third kappa shape index (κ3) is 3.26. The molecule has 0 amide bonds. The molecule has 0 spiro atoms. The van der Waals surface area contributed by atoms with E-state index in [0.717, 1.165) is 0 Å². The molecule has 1 aliphatic heterocycles. The van der Waals surface area contributed by atoms with E-state index in [2.05, 4.69) is 0 Å². The van der Waals surface area contributed by atoms with Crippen molar-refractivity contribution < 1.29 is 35.0 Å². The highest BCUT2D eigenvalue weighted by Crippen LogP contribution is 2.30. The molecule has 0 radical (unpaired) electrons. The lowest BCUT2D eigenvalue weighted by Gasteiger charge is -2.25. The van der Waals surface area contributed by atoms with Crippen molar-refractivity contribution in [3.8, 4) is 5.75 Å². The van der Waals surface area contributed by atoms with Crippen molar-refractivity contribution >= 4 is 0 Å². The first-order chi connectivity index (χ1) is 9.52. The van der Waals surface area contributed by atoms with Crippen molar-refractivity contribution in [1.82, 2.24) is 0 Å². The quantitative estimate of drug-likeness (QED) is 0.465. The molecule has 0 saturated carbocycles. The predicted molar refractivity (Wildman–Crippen MR) is 66.8 cm³/mol. The average molecular weight is 286 g/mol. The van der Waals surface area contributed by atoms with Crippen molar-refractivity contribution in [3.63, 3.8) is 0 Å². The van der Waals surface area contributed by atoms with E-state index in [1.54, 1.807) is 12.1 Å². The van der Waals surface area contributed by atoms with Gasteiger partial charge in [-0.2, -0.15) is 0 Å². The van der Waals surface area contributed by atoms with Crippen LogP contribution in [-0.4, -0.2) is 63.2 Å². The maximum atomic E-state index is 9.86. The van der Waals surface area contributed by atoms with Crippen LogP contribution in [0.5, 0.6) is 5.75 Å². The summed E-state index contributed by atoms with van der Waals surface area (Å²) in [6.07, 6.45) is -5.87. The minimum atomic E-state index is -1.52. The van der Waals surface area contributed by atoms with Crippen molar-refractivity contribution in [2.24, 2.45) is 0 Å². The van der Waals surface area contributed by atoms with Crippen molar-refractivity contribution in [2.45, 2.75) is 30.7 Å². The molecule has 1 aliphatic rings. The molecule has 5 N–H and O–H groups in total. The Bertz CT molecular complexity index is 421. The van der Waals surface area contributed by atoms with Crippen LogP contribution in [0.2, 0.25) is 0 Å². The van der Waals surface area contributed by atoms with E-state index < -0.39 is 37.3 Å². The molecule has 1 saturated heterocycles. The van der Waals surface area contributed by atoms with Gasteiger partial charge in [0.25, 0.3) is 0 Å². The van der Waals surface area contributed by atoms with Gasteiger partial charge in [0.15, 0.2) is 6.29 Å². The number of aliphatic hydroxyl groups is 4. The van der Waals surface area contributed by atoms with Gasteiger partial charge in [-0.3, -0.25) is 0 Å². The number of ether oxygens (including phenoxy) is 2. The van der Waals surface area contributed by atoms with Crippen LogP contribution in [0.4, 0.5) is 0 Å². The fourth-order valence-electron chi connectivity index (χ4n) is 1.96. The molecule has 7 nitrogen and oxygen atoms in total. The highest BCUT2D eigenvalue weighted by atomic mass is 16.7. The number of phenols is 1. The summed E-state index contributed by atoms with van der Waals surface area (Å²) >= 11 is 0. The van der Waals surface area contributed by atoms with E-state index in [1.165, 1.54) is 12.1 Å². The van der Waals surface area contributed by atoms with Crippen LogP contribution in [0, 0.1) is 0 Å². The summed E-state index contributed by atoms with van der Waals surface area (Å²) in [6.45, 7) is -0.616. The second kappa shape index (κ2) is 6.49. The van der Waals surface area contributed by atoms with Crippen LogP contribution in [0.1, 0.15) is 11.9 Å². The largest absolute Gasteiger partial charge is 0.508 e. The van der Waals surface area contributed by atoms with Gasteiger partial charge < -0.3 is 35.0 Å². The molecule has 5 atom stereocenters. The number of benzene rings is 1. The Morgan fingerprint density at radius 2 is 1.80 bits per heavy atom. The molecule has 1 aromatic carbocycles. The molecule has 1 aromatic rings. The Morgan fingerprint density at radius 3 is 2.40 bits per heavy atom. The SMILES string of the molecule is OC[C@@H](O)[C@H](O)[C@@H](O)[C@@H]1COC(c2ccc(O)cc2)O1. The molecular formula is C13H18O7. The number of phenolic OH excluding ortho intramolecular Hbond substituents is 1. The van der Waals surface area contributed by atoms with Gasteiger partial charge in [0.05, 0.1) is 13.2 Å². The van der Waals surface area contributed by atoms with Gasteiger partial charge in [-0.15, -0.1) is 0 Å². The molecule has 0 aliphatic carbocycles. The van der Waals surface area contributed by atoms with E-state index in [1.807, 2.05) is 0 Å². The van der Waals surface area contributed by atoms with E-state index in [4.69, 9.17) is 14.6 Å². The lowest BCUT2D eigenvalue weighted by molar-refractivity contribution is -0.134. The lowest BCUT2D eigenvalue weighted by atomic mass is 10.0. The Kier molecular flexibility index (Phi) is 4.92. The summed E-state index contributed by atoms with van der Waals surface area (Å²) in [5.74, 6) is 0.116. The van der Waals surface area contributed by atoms with Crippen LogP contribution < -0.4 is 0 Å². The summed E-state index contributed by atoms with van der Waals surface area (Å²) < 4.78 is 10.8. The summed E-state index contributed by atoms with van der Waals surface area (Å²) in [7, 11) is 0. The minimum Gasteiger partial charge on any atom is -0.508 e. The molecule has 112 valence electrons. The zero-order valence-electron chi connectivity index (χ0n) is 10.7. The monoisotopic (exact) mass is 286 g/mol. The van der Waals surface area contributed by atoms with E-state index in [-0.39, 0.29) is 12.4 Å². The van der Waals surface area contributed by atoms with E-state index >= 15 is 0 Å². The Morgan fingerprint density at radius 1 is 1.15 bits per heavy atom. The Hall–Kier alpha value is -1.22. The zero-order valence-corrected chi connectivity index (χ0v) is 10.7. The van der Waals surface area contributed by atoms with Crippen molar-refractivity contribution in [1.29, 1.82) is 0 Å². The van der Waals surface area contributed by atoms with Gasteiger partial charge in [-0.25, -0.2) is 0 Å². The van der Waals surface area contributed by atoms with Gasteiger partial charge in [0, 0.05) is 5.56 Å². The predicted octanol–water partition coefficient (Wildman–Crippen LogP) is -1.12. The molecule has 1 heterocycles. The van der Waals surface area contributed by atoms with Crippen molar-refractivity contribution in [2.75, 3.05) is 13.2 Å². The average Bonchev–Trinajstić information content (AvgIpc) is 2.95. The fourth-order valence-corrected chi connectivity index (χ4v) is 1.96. The number of rotatable bonds is 5. The van der Waals surface area contributed by atoms with Crippen molar-refractivity contribution in [3.05, 3.63) is 29.8 Å². The van der Waals surface area contributed by atoms with E-state index in [9.17, 15) is 20.4 Å². The van der Waals surface area contributed by atoms with Crippen LogP contribution in [0.3, 0.4) is 0 Å². The number of hydrogen-bond donors (Lipinski definition) is 5. The summed E-state index contributed by atoms with van der Waals surface area (Å²) in [4.78, 5) is 0. The number of aliphatic hydroxyl groups excluding tert-OH is 4. The maximum absolute atomic E-state index is 9.86. The van der Waals surface area contributed by atoms with Gasteiger partial charge in [-0.1, -0.05) is 12.1 Å². The van der Waals surface area contributed by atoms with Crippen LogP contribution >= 0.6 is 0 Å². The van der Waals surface area contributed by atoms with Gasteiger partial charge in [-0.05, 0) is 12.1 Å². The molecule has 20 heavy (non-hydrogen) atoms. The van der Waals surface area contributed by atoms with Gasteiger partial charge >= 0.3 is 0 Å². The van der Waals surface area contributed by atoms with Gasteiger partial charge in [0.2, 0.25) is 0 Å². The molecular weight excluding hydrogens is 268 g/mol. The first kappa shape index (κ1) is 15.2. The van der Waals surface area contributed by atoms with E-state index in [0.29, 0.717) is 5.56 Å². The molecule has 7 heteroatoms. The molecule has 0 bridgehead atoms. The number of hydrogen-bond acceptors (Lipinski definition) is 7. The van der Waals surface area contributed by atoms with Crippen LogP contribution in [0.15, 0.2) is 24.3 Å². The second-order valence-corrected chi connectivity index (χ2v) is 4.66. The smallest absolute Gasteiger partial charge is 0.184 e. The minimum absolute atomic E-state index is 0.0436. The molecule has 2 rings (SSSR count). The standard InChI is InChI=1S/C13H18O7/c14-5-9(16)11(17)12(18)10-6-19-13(20-10)7-1-3-8(15)4-2-7/h1-4,9-18H,5-6H2/t9-,10+,11+,12+,13?/m1/s1. The third-order valence-electron chi connectivity index (χ3n) is 3.19. The highest BCUT2D eigenvalue weighted by Gasteiger charge is 2.38. The van der Waals surface area contributed by atoms with Gasteiger partial charge in [0.1, 0.15) is 30.2 Å². The zero-order chi connectivity index (χ0) is 14.7. The Balaban J connectivity index is 1.96. The topological polar surface area (TPSA) is 120 Å². The lowest BCUT2D eigenvalue weighted by Crippen LogP contribution is -2.46. The molecule has 1 unspecified atom stereocenters. The first-order valence-electron chi connectivity index (χ1n) is 6.24. The normalized spacial score (nSPS) is 27.2. The summed E-state index contributed by atoms with van der Waals surface area (Å²) in [5, 5.41) is 46.7. The summed E-state index contributed by atoms with van der Waals surface area (Å²) in [6, 6.07) is 6.20. The van der Waals surface area contributed by atoms with Crippen LogP contribution in [-0.2, 0) is 9.47 Å². The highest BCUT2D eigenvalue weighted by molar-refractivity contribution is 5.26. The number of aromatic hydroxyl groups is 1. The third-order valence-corrected chi connectivity index (χ3v) is 3.19. The first-order valence-corrected chi connectivity index (χ1v) is 6.24. The summed E-state index contributed by atoms with van der Waals surface area (Å²) in [5.41, 5.74) is 0.662. The molecule has 1 fully saturated rings.